The van der Waals surface area contributed by atoms with E-state index in [0.29, 0.717) is 25.9 Å². The molecule has 2 aromatic carbocycles. The van der Waals surface area contributed by atoms with Gasteiger partial charge >= 0.3 is 5.97 Å². The van der Waals surface area contributed by atoms with Crippen LogP contribution in [0.2, 0.25) is 0 Å². The number of methoxy groups -OCH3 is 1. The molecule has 7 nitrogen and oxygen atoms in total. The first-order valence-corrected chi connectivity index (χ1v) is 11.1. The number of rotatable bonds is 14. The van der Waals surface area contributed by atoms with Crippen molar-refractivity contribution < 1.29 is 42.4 Å². The van der Waals surface area contributed by atoms with Crippen molar-refractivity contribution in [2.24, 2.45) is 0 Å². The monoisotopic (exact) mass is 478 g/mol. The molecule has 8 heteroatoms. The van der Waals surface area contributed by atoms with Crippen molar-refractivity contribution in [2.45, 2.75) is 57.6 Å². The van der Waals surface area contributed by atoms with Gasteiger partial charge in [-0.1, -0.05) is 55.3 Å². The summed E-state index contributed by atoms with van der Waals surface area (Å²) in [7, 11) is 1.38. The van der Waals surface area contributed by atoms with Crippen molar-refractivity contribution in [1.29, 1.82) is 0 Å². The number of benzene rings is 2. The van der Waals surface area contributed by atoms with E-state index in [1.807, 2.05) is 54.6 Å². The van der Waals surface area contributed by atoms with E-state index in [9.17, 15) is 14.8 Å². The molecule has 0 fully saturated rings. The number of halogens is 1. The minimum Gasteiger partial charge on any atom is -1.00 e. The summed E-state index contributed by atoms with van der Waals surface area (Å²) in [6.45, 7) is 0.707. The lowest BCUT2D eigenvalue weighted by atomic mass is 10.1. The molecule has 2 aromatic rings. The van der Waals surface area contributed by atoms with E-state index in [0.717, 1.165) is 41.2 Å². The highest BCUT2D eigenvalue weighted by Gasteiger charge is 2.17. The summed E-state index contributed by atoms with van der Waals surface area (Å²) in [5.74, 6) is 0.290. The smallest absolute Gasteiger partial charge is 0.305 e. The van der Waals surface area contributed by atoms with Crippen LogP contribution in [-0.4, -0.2) is 41.8 Å². The maximum absolute atomic E-state index is 12.1. The highest BCUT2D eigenvalue weighted by atomic mass is 35.5. The molecular weight excluding hydrogens is 444 g/mol. The molecule has 182 valence electrons. The van der Waals surface area contributed by atoms with Crippen LogP contribution in [-0.2, 0) is 27.4 Å². The second kappa shape index (κ2) is 16.1. The molecule has 1 amide bonds. The van der Waals surface area contributed by atoms with Gasteiger partial charge < -0.3 is 27.6 Å². The van der Waals surface area contributed by atoms with Gasteiger partial charge in [-0.05, 0) is 36.1 Å². The molecule has 0 aliphatic heterocycles. The molecule has 0 heterocycles. The summed E-state index contributed by atoms with van der Waals surface area (Å²) in [5, 5.41) is 10.8. The quantitative estimate of drug-likeness (QED) is 0.174. The third-order valence-electron chi connectivity index (χ3n) is 5.16. The third kappa shape index (κ3) is 11.7. The first-order chi connectivity index (χ1) is 15.5. The van der Waals surface area contributed by atoms with Crippen LogP contribution in [0.4, 0.5) is 0 Å². The highest BCUT2D eigenvalue weighted by molar-refractivity contribution is 5.74. The lowest BCUT2D eigenvalue weighted by Crippen LogP contribution is -3.00. The number of esters is 1. The second-order valence-corrected chi connectivity index (χ2v) is 7.95. The number of nitrogens with zero attached hydrogens (tertiary/aromatic N) is 1. The summed E-state index contributed by atoms with van der Waals surface area (Å²) in [5.41, 5.74) is 6.26. The van der Waals surface area contributed by atoms with E-state index >= 15 is 0 Å². The summed E-state index contributed by atoms with van der Waals surface area (Å²) in [4.78, 5) is 23.2. The van der Waals surface area contributed by atoms with Crippen LogP contribution in [0.25, 0.3) is 0 Å². The molecule has 0 aliphatic rings. The number of hydroxylamine groups is 2. The number of ether oxygens (including phenoxy) is 2. The van der Waals surface area contributed by atoms with Crippen molar-refractivity contribution >= 4 is 11.9 Å². The highest BCUT2D eigenvalue weighted by Crippen LogP contribution is 2.15. The fraction of sp³-hybridized carbons (Fsp3) is 0.440. The van der Waals surface area contributed by atoms with Gasteiger partial charge in [0.15, 0.2) is 0 Å². The van der Waals surface area contributed by atoms with Gasteiger partial charge in [0, 0.05) is 19.3 Å². The Labute approximate surface area is 202 Å². The second-order valence-electron chi connectivity index (χ2n) is 7.95. The van der Waals surface area contributed by atoms with Crippen LogP contribution in [0.15, 0.2) is 54.6 Å². The molecule has 0 unspecified atom stereocenters. The van der Waals surface area contributed by atoms with Gasteiger partial charge in [-0.2, -0.15) is 0 Å². The molecule has 0 spiro atoms. The third-order valence-corrected chi connectivity index (χ3v) is 5.16. The van der Waals surface area contributed by atoms with E-state index in [1.165, 1.54) is 7.11 Å². The summed E-state index contributed by atoms with van der Waals surface area (Å²) in [6, 6.07) is 17.7. The van der Waals surface area contributed by atoms with E-state index in [4.69, 9.17) is 4.74 Å². The molecule has 1 atom stereocenters. The molecule has 0 bridgehead atoms. The van der Waals surface area contributed by atoms with Crippen LogP contribution < -0.4 is 22.9 Å². The van der Waals surface area contributed by atoms with Crippen LogP contribution >= 0.6 is 0 Å². The van der Waals surface area contributed by atoms with Gasteiger partial charge in [0.05, 0.1) is 7.11 Å². The first-order valence-electron chi connectivity index (χ1n) is 11.1. The van der Waals surface area contributed by atoms with Gasteiger partial charge in [-0.25, -0.2) is 5.06 Å². The number of unbranched alkanes of at least 4 members (excludes halogenated alkanes) is 3. The largest absolute Gasteiger partial charge is 1.00 e. The molecule has 4 N–H and O–H groups in total. The van der Waals surface area contributed by atoms with Crippen molar-refractivity contribution in [3.05, 3.63) is 65.7 Å². The average molecular weight is 479 g/mol. The van der Waals surface area contributed by atoms with Crippen molar-refractivity contribution in [3.63, 3.8) is 0 Å². The van der Waals surface area contributed by atoms with Crippen molar-refractivity contribution in [1.82, 2.24) is 5.06 Å². The zero-order valence-electron chi connectivity index (χ0n) is 19.2. The van der Waals surface area contributed by atoms with Gasteiger partial charge in [0.1, 0.15) is 24.9 Å². The number of hydrogen-bond donors (Lipinski definition) is 2. The van der Waals surface area contributed by atoms with Gasteiger partial charge in [0.25, 0.3) is 0 Å². The maximum atomic E-state index is 12.1. The molecule has 2 rings (SSSR count). The number of hydrogen-bond acceptors (Lipinski definition) is 5. The predicted octanol–water partition coefficient (Wildman–Crippen LogP) is 0.154. The molecule has 0 saturated heterocycles. The molecular formula is C25H35ClN2O5. The minimum atomic E-state index is -0.295. The number of carbonyl (C=O) groups excluding carboxylic acids is 2. The topological polar surface area (TPSA) is 104 Å². The van der Waals surface area contributed by atoms with E-state index in [1.54, 1.807) is 0 Å². The molecule has 0 aliphatic carbocycles. The summed E-state index contributed by atoms with van der Waals surface area (Å²) >= 11 is 0. The predicted molar refractivity (Wildman–Crippen MR) is 121 cm³/mol. The lowest BCUT2D eigenvalue weighted by Gasteiger charge is -2.18. The van der Waals surface area contributed by atoms with Crippen molar-refractivity contribution in [3.8, 4) is 5.75 Å². The average Bonchev–Trinajstić information content (AvgIpc) is 2.81. The van der Waals surface area contributed by atoms with Gasteiger partial charge in [-0.3, -0.25) is 14.8 Å². The molecule has 33 heavy (non-hydrogen) atoms. The Morgan fingerprint density at radius 2 is 1.58 bits per heavy atom. The fourth-order valence-electron chi connectivity index (χ4n) is 3.34. The SMILES string of the molecule is COC(=O)CCCCCCC(=O)N(O)C[C@@H]([NH3+])Cc1ccc(OCc2ccccc2)cc1.[Cl-]. The normalized spacial score (nSPS) is 11.2. The zero-order valence-corrected chi connectivity index (χ0v) is 20.0. The van der Waals surface area contributed by atoms with Crippen molar-refractivity contribution in [2.75, 3.05) is 13.7 Å². The number of amides is 1. The van der Waals surface area contributed by atoms with Gasteiger partial charge in [-0.15, -0.1) is 0 Å². The Kier molecular flexibility index (Phi) is 13.8. The molecule has 0 saturated carbocycles. The van der Waals surface area contributed by atoms with Crippen LogP contribution in [0.1, 0.15) is 49.7 Å². The number of carbonyl (C=O) groups is 2. The van der Waals surface area contributed by atoms with E-state index in [2.05, 4.69) is 10.5 Å². The Balaban J connectivity index is 0.00000544. The summed E-state index contributed by atoms with van der Waals surface area (Å²) in [6.07, 6.45) is 4.47. The Hall–Kier alpha value is -2.61. The van der Waals surface area contributed by atoms with E-state index in [-0.39, 0.29) is 43.3 Å². The molecule has 0 aromatic heterocycles. The standard InChI is InChI=1S/C25H34N2O5.ClH/c1-31-25(29)12-8-3-2-7-11-24(28)27(30)18-22(26)17-20-13-15-23(16-14-20)32-19-21-9-5-4-6-10-21;/h4-6,9-10,13-16,22,30H,2-3,7-8,11-12,17-19,26H2,1H3;1H/t22-;/m0./s1. The Bertz CT molecular complexity index is 817. The molecule has 0 radical (unpaired) electrons. The minimum absolute atomic E-state index is 0. The maximum Gasteiger partial charge on any atom is 0.305 e. The lowest BCUT2D eigenvalue weighted by molar-refractivity contribution is -0.425. The van der Waals surface area contributed by atoms with Crippen LogP contribution in [0.3, 0.4) is 0 Å². The Morgan fingerprint density at radius 3 is 2.21 bits per heavy atom. The Morgan fingerprint density at radius 1 is 0.939 bits per heavy atom. The first kappa shape index (κ1) is 28.4. The van der Waals surface area contributed by atoms with Gasteiger partial charge in [0.2, 0.25) is 5.91 Å². The zero-order chi connectivity index (χ0) is 23.2. The van der Waals surface area contributed by atoms with Crippen LogP contribution in [0, 0.1) is 0 Å². The fourth-order valence-corrected chi connectivity index (χ4v) is 3.34. The van der Waals surface area contributed by atoms with E-state index < -0.39 is 0 Å². The van der Waals surface area contributed by atoms with Crippen LogP contribution in [0.5, 0.6) is 5.75 Å². The number of quaternary nitrogens is 1. The summed E-state index contributed by atoms with van der Waals surface area (Å²) < 4.78 is 10.4.